The molecule has 0 spiro atoms. The zero-order valence-corrected chi connectivity index (χ0v) is 7.16. The summed E-state index contributed by atoms with van der Waals surface area (Å²) in [5.74, 6) is 0.699. The minimum Gasteiger partial charge on any atom is -0.308 e. The molecule has 0 unspecified atom stereocenters. The fraction of sp³-hybridized carbons (Fsp3) is 0.714. The monoisotopic (exact) mass is 186 g/mol. The molecule has 1 aliphatic rings. The highest BCUT2D eigenvalue weighted by Gasteiger charge is 2.15. The van der Waals surface area contributed by atoms with Crippen molar-refractivity contribution in [3.63, 3.8) is 0 Å². The fourth-order valence-corrected chi connectivity index (χ4v) is 1.46. The third kappa shape index (κ3) is 1.37. The standard InChI is InChI=1S/C7H11FN4O/c8-1-3-12-7(13)11-4-2-9-5-6(11)10-12/h9H,1-5H2. The van der Waals surface area contributed by atoms with Crippen molar-refractivity contribution < 1.29 is 4.39 Å². The Labute approximate surface area is 74.2 Å². The summed E-state index contributed by atoms with van der Waals surface area (Å²) in [5, 5.41) is 7.10. The molecular weight excluding hydrogens is 175 g/mol. The van der Waals surface area contributed by atoms with Gasteiger partial charge in [0.25, 0.3) is 0 Å². The molecule has 0 bridgehead atoms. The van der Waals surface area contributed by atoms with Gasteiger partial charge in [-0.25, -0.2) is 13.9 Å². The molecule has 5 nitrogen and oxygen atoms in total. The van der Waals surface area contributed by atoms with Gasteiger partial charge < -0.3 is 5.32 Å². The average Bonchev–Trinajstić information content (AvgIpc) is 2.46. The van der Waals surface area contributed by atoms with E-state index in [4.69, 9.17) is 0 Å². The van der Waals surface area contributed by atoms with Crippen LogP contribution < -0.4 is 11.0 Å². The zero-order chi connectivity index (χ0) is 9.26. The maximum Gasteiger partial charge on any atom is 0.346 e. The van der Waals surface area contributed by atoms with E-state index in [2.05, 4.69) is 10.4 Å². The number of hydrogen-bond acceptors (Lipinski definition) is 3. The minimum absolute atomic E-state index is 0.0544. The van der Waals surface area contributed by atoms with Crippen LogP contribution in [0, 0.1) is 0 Å². The lowest BCUT2D eigenvalue weighted by atomic mass is 10.4. The minimum atomic E-state index is -0.552. The number of aromatic nitrogens is 3. The summed E-state index contributed by atoms with van der Waals surface area (Å²) in [6.07, 6.45) is 0. The summed E-state index contributed by atoms with van der Waals surface area (Å²) in [4.78, 5) is 11.5. The zero-order valence-electron chi connectivity index (χ0n) is 7.16. The van der Waals surface area contributed by atoms with Crippen molar-refractivity contribution in [1.29, 1.82) is 0 Å². The molecule has 6 heteroatoms. The molecule has 0 aromatic carbocycles. The van der Waals surface area contributed by atoms with E-state index in [0.29, 0.717) is 18.9 Å². The van der Waals surface area contributed by atoms with Crippen molar-refractivity contribution in [3.8, 4) is 0 Å². The molecule has 0 saturated carbocycles. The average molecular weight is 186 g/mol. The maximum absolute atomic E-state index is 12.0. The molecule has 0 atom stereocenters. The maximum atomic E-state index is 12.0. The van der Waals surface area contributed by atoms with Gasteiger partial charge in [0.15, 0.2) is 0 Å². The Morgan fingerprint density at radius 2 is 2.46 bits per heavy atom. The number of nitrogens with zero attached hydrogens (tertiary/aromatic N) is 3. The van der Waals surface area contributed by atoms with Gasteiger partial charge in [-0.2, -0.15) is 5.10 Å². The normalized spacial score (nSPS) is 15.8. The van der Waals surface area contributed by atoms with Gasteiger partial charge in [-0.15, -0.1) is 0 Å². The summed E-state index contributed by atoms with van der Waals surface area (Å²) in [5.41, 5.74) is -0.200. The van der Waals surface area contributed by atoms with Crippen molar-refractivity contribution in [1.82, 2.24) is 19.7 Å². The summed E-state index contributed by atoms with van der Waals surface area (Å²) in [6, 6.07) is 0. The van der Waals surface area contributed by atoms with E-state index in [9.17, 15) is 9.18 Å². The second-order valence-corrected chi connectivity index (χ2v) is 2.94. The number of nitrogens with one attached hydrogen (secondary N) is 1. The van der Waals surface area contributed by atoms with Crippen LogP contribution in [0.15, 0.2) is 4.79 Å². The first-order chi connectivity index (χ1) is 6.33. The van der Waals surface area contributed by atoms with Crippen molar-refractivity contribution in [2.45, 2.75) is 19.6 Å². The number of fused-ring (bicyclic) bond motifs is 1. The summed E-state index contributed by atoms with van der Waals surface area (Å²) in [7, 11) is 0. The molecule has 0 radical (unpaired) electrons. The van der Waals surface area contributed by atoms with Crippen molar-refractivity contribution in [2.24, 2.45) is 0 Å². The quantitative estimate of drug-likeness (QED) is 0.652. The third-order valence-corrected chi connectivity index (χ3v) is 2.09. The largest absolute Gasteiger partial charge is 0.346 e. The number of aryl methyl sites for hydroxylation is 1. The van der Waals surface area contributed by atoms with Crippen molar-refractivity contribution >= 4 is 0 Å². The van der Waals surface area contributed by atoms with Gasteiger partial charge in [0.1, 0.15) is 12.5 Å². The van der Waals surface area contributed by atoms with Crippen molar-refractivity contribution in [2.75, 3.05) is 13.2 Å². The Morgan fingerprint density at radius 1 is 1.62 bits per heavy atom. The fourth-order valence-electron chi connectivity index (χ4n) is 1.46. The molecular formula is C7H11FN4O. The second-order valence-electron chi connectivity index (χ2n) is 2.94. The number of halogens is 1. The predicted molar refractivity (Wildman–Crippen MR) is 44.2 cm³/mol. The SMILES string of the molecule is O=c1n(CCF)nc2n1CCNC2. The van der Waals surface area contributed by atoms with Crippen LogP contribution in [0.4, 0.5) is 4.39 Å². The smallest absolute Gasteiger partial charge is 0.308 e. The highest BCUT2D eigenvalue weighted by atomic mass is 19.1. The number of alkyl halides is 1. The molecule has 1 aromatic heterocycles. The summed E-state index contributed by atoms with van der Waals surface area (Å²) >= 11 is 0. The highest BCUT2D eigenvalue weighted by molar-refractivity contribution is 4.90. The van der Waals surface area contributed by atoms with Crippen LogP contribution in [-0.2, 0) is 19.6 Å². The van der Waals surface area contributed by atoms with Gasteiger partial charge in [0.05, 0.1) is 13.1 Å². The lowest BCUT2D eigenvalue weighted by molar-refractivity contribution is 0.418. The van der Waals surface area contributed by atoms with E-state index in [1.165, 1.54) is 4.68 Å². The molecule has 2 rings (SSSR count). The first-order valence-electron chi connectivity index (χ1n) is 4.26. The highest BCUT2D eigenvalue weighted by Crippen LogP contribution is 1.97. The van der Waals surface area contributed by atoms with E-state index < -0.39 is 6.67 Å². The van der Waals surface area contributed by atoms with Crippen LogP contribution >= 0.6 is 0 Å². The van der Waals surface area contributed by atoms with Crippen LogP contribution in [0.25, 0.3) is 0 Å². The Morgan fingerprint density at radius 3 is 3.15 bits per heavy atom. The molecule has 0 fully saturated rings. The molecule has 1 aliphatic heterocycles. The summed E-state index contributed by atoms with van der Waals surface area (Å²) < 4.78 is 14.8. The Balaban J connectivity index is 2.39. The molecule has 0 saturated heterocycles. The molecule has 13 heavy (non-hydrogen) atoms. The van der Waals surface area contributed by atoms with E-state index in [-0.39, 0.29) is 12.2 Å². The van der Waals surface area contributed by atoms with Crippen molar-refractivity contribution in [3.05, 3.63) is 16.3 Å². The van der Waals surface area contributed by atoms with E-state index in [1.807, 2.05) is 0 Å². The van der Waals surface area contributed by atoms with Crippen LogP contribution in [0.1, 0.15) is 5.82 Å². The molecule has 0 amide bonds. The number of hydrogen-bond donors (Lipinski definition) is 1. The van der Waals surface area contributed by atoms with Gasteiger partial charge in [-0.05, 0) is 0 Å². The number of rotatable bonds is 2. The van der Waals surface area contributed by atoms with Gasteiger partial charge in [-0.1, -0.05) is 0 Å². The van der Waals surface area contributed by atoms with Gasteiger partial charge >= 0.3 is 5.69 Å². The van der Waals surface area contributed by atoms with Gasteiger partial charge in [0, 0.05) is 13.1 Å². The van der Waals surface area contributed by atoms with E-state index in [1.54, 1.807) is 4.57 Å². The lowest BCUT2D eigenvalue weighted by Gasteiger charge is -2.11. The Bertz CT molecular complexity index is 356. The first kappa shape index (κ1) is 8.43. The van der Waals surface area contributed by atoms with Crippen LogP contribution in [0.2, 0.25) is 0 Å². The first-order valence-corrected chi connectivity index (χ1v) is 4.26. The van der Waals surface area contributed by atoms with Gasteiger partial charge in [0.2, 0.25) is 0 Å². The van der Waals surface area contributed by atoms with E-state index in [0.717, 1.165) is 6.54 Å². The topological polar surface area (TPSA) is 51.9 Å². The Hall–Kier alpha value is -1.17. The second kappa shape index (κ2) is 3.29. The van der Waals surface area contributed by atoms with Crippen LogP contribution in [-0.4, -0.2) is 27.6 Å². The molecule has 1 aromatic rings. The molecule has 0 aliphatic carbocycles. The van der Waals surface area contributed by atoms with Crippen LogP contribution in [0.3, 0.4) is 0 Å². The van der Waals surface area contributed by atoms with E-state index >= 15 is 0 Å². The van der Waals surface area contributed by atoms with Crippen LogP contribution in [0.5, 0.6) is 0 Å². The third-order valence-electron chi connectivity index (χ3n) is 2.09. The lowest BCUT2D eigenvalue weighted by Crippen LogP contribution is -2.34. The molecule has 72 valence electrons. The molecule has 1 N–H and O–H groups in total. The Kier molecular flexibility index (Phi) is 2.13. The van der Waals surface area contributed by atoms with Gasteiger partial charge in [-0.3, -0.25) is 4.57 Å². The summed E-state index contributed by atoms with van der Waals surface area (Å²) in [6.45, 7) is 1.49. The predicted octanol–water partition coefficient (Wildman–Crippen LogP) is -0.883. The molecule has 2 heterocycles.